The van der Waals surface area contributed by atoms with Crippen LogP contribution in [0.15, 0.2) is 71.1 Å². The summed E-state index contributed by atoms with van der Waals surface area (Å²) in [7, 11) is 1.66. The zero-order valence-corrected chi connectivity index (χ0v) is 17.7. The van der Waals surface area contributed by atoms with Gasteiger partial charge in [-0.1, -0.05) is 41.9 Å². The third-order valence-electron chi connectivity index (χ3n) is 5.73. The Kier molecular flexibility index (Phi) is 3.92. The predicted octanol–water partition coefficient (Wildman–Crippen LogP) is 7.32. The zero-order valence-electron chi connectivity index (χ0n) is 16.9. The summed E-state index contributed by atoms with van der Waals surface area (Å²) >= 11 is 6.37. The molecule has 0 saturated heterocycles. The predicted molar refractivity (Wildman–Crippen MR) is 126 cm³/mol. The molecular formula is C26H17ClN2O2. The summed E-state index contributed by atoms with van der Waals surface area (Å²) in [6.45, 7) is 2.02. The third-order valence-corrected chi connectivity index (χ3v) is 5.97. The molecular weight excluding hydrogens is 408 g/mol. The van der Waals surface area contributed by atoms with Crippen LogP contribution in [0.25, 0.3) is 55.0 Å². The van der Waals surface area contributed by atoms with Crippen LogP contribution in [-0.4, -0.2) is 17.1 Å². The number of nitrogens with zero attached hydrogens (tertiary/aromatic N) is 2. The van der Waals surface area contributed by atoms with E-state index in [-0.39, 0.29) is 0 Å². The molecule has 0 radical (unpaired) electrons. The van der Waals surface area contributed by atoms with E-state index in [9.17, 15) is 0 Å². The van der Waals surface area contributed by atoms with Crippen molar-refractivity contribution in [1.82, 2.24) is 9.97 Å². The number of ether oxygens (including phenoxy) is 1. The lowest BCUT2D eigenvalue weighted by Crippen LogP contribution is -1.94. The fourth-order valence-corrected chi connectivity index (χ4v) is 4.51. The van der Waals surface area contributed by atoms with Crippen molar-refractivity contribution in [3.05, 3.63) is 77.4 Å². The molecule has 3 aromatic heterocycles. The Balaban J connectivity index is 1.86. The standard InChI is InChI=1S/C26H17ClN2O2/c1-14-22-23(15-6-4-3-5-7-15)18-12-16(27)8-10-20(18)29-25(22)26-24(28-14)19-13-17(30-2)9-11-21(19)31-26/h3-13H,1-2H3. The highest BCUT2D eigenvalue weighted by Gasteiger charge is 2.20. The Morgan fingerprint density at radius 1 is 0.871 bits per heavy atom. The number of pyridine rings is 2. The molecule has 5 heteroatoms. The summed E-state index contributed by atoms with van der Waals surface area (Å²) in [5.74, 6) is 0.765. The molecule has 0 aliphatic carbocycles. The van der Waals surface area contributed by atoms with Gasteiger partial charge in [-0.15, -0.1) is 0 Å². The van der Waals surface area contributed by atoms with E-state index in [1.54, 1.807) is 7.11 Å². The van der Waals surface area contributed by atoms with Crippen LogP contribution < -0.4 is 4.74 Å². The minimum Gasteiger partial charge on any atom is -0.497 e. The molecule has 0 saturated carbocycles. The number of aromatic nitrogens is 2. The molecule has 3 heterocycles. The lowest BCUT2D eigenvalue weighted by molar-refractivity contribution is 0.415. The highest BCUT2D eigenvalue weighted by molar-refractivity contribution is 6.32. The van der Waals surface area contributed by atoms with Crippen LogP contribution in [0, 0.1) is 6.92 Å². The van der Waals surface area contributed by atoms with Crippen LogP contribution in [0.5, 0.6) is 5.75 Å². The molecule has 0 atom stereocenters. The first-order chi connectivity index (χ1) is 15.1. The monoisotopic (exact) mass is 424 g/mol. The number of furan rings is 1. The summed E-state index contributed by atoms with van der Waals surface area (Å²) in [6, 6.07) is 21.8. The van der Waals surface area contributed by atoms with E-state index < -0.39 is 0 Å². The van der Waals surface area contributed by atoms with Crippen molar-refractivity contribution in [2.75, 3.05) is 7.11 Å². The van der Waals surface area contributed by atoms with Crippen LogP contribution in [0.2, 0.25) is 5.02 Å². The van der Waals surface area contributed by atoms with Crippen molar-refractivity contribution < 1.29 is 9.15 Å². The maximum atomic E-state index is 6.37. The van der Waals surface area contributed by atoms with Gasteiger partial charge in [0.15, 0.2) is 5.58 Å². The molecule has 150 valence electrons. The summed E-state index contributed by atoms with van der Waals surface area (Å²) in [4.78, 5) is 9.97. The first-order valence-electron chi connectivity index (χ1n) is 9.99. The number of hydrogen-bond acceptors (Lipinski definition) is 4. The molecule has 0 amide bonds. The van der Waals surface area contributed by atoms with Crippen LogP contribution in [0.4, 0.5) is 0 Å². The fourth-order valence-electron chi connectivity index (χ4n) is 4.34. The number of aryl methyl sites for hydroxylation is 1. The van der Waals surface area contributed by atoms with Crippen molar-refractivity contribution in [1.29, 1.82) is 0 Å². The van der Waals surface area contributed by atoms with Gasteiger partial charge in [0.05, 0.1) is 18.0 Å². The van der Waals surface area contributed by atoms with Gasteiger partial charge in [-0.2, -0.15) is 0 Å². The zero-order chi connectivity index (χ0) is 21.1. The smallest absolute Gasteiger partial charge is 0.180 e. The normalized spacial score (nSPS) is 11.7. The van der Waals surface area contributed by atoms with Crippen molar-refractivity contribution >= 4 is 55.5 Å². The number of methoxy groups -OCH3 is 1. The SMILES string of the molecule is COc1ccc2oc3c4nc5ccc(Cl)cc5c(-c5ccccc5)c4c(C)nc3c2c1. The topological polar surface area (TPSA) is 48.2 Å². The van der Waals surface area contributed by atoms with Gasteiger partial charge in [0.25, 0.3) is 0 Å². The quantitative estimate of drug-likeness (QED) is 0.273. The Morgan fingerprint density at radius 3 is 2.52 bits per heavy atom. The molecule has 0 aliphatic heterocycles. The molecule has 3 aromatic carbocycles. The number of halogens is 1. The van der Waals surface area contributed by atoms with Gasteiger partial charge < -0.3 is 9.15 Å². The van der Waals surface area contributed by atoms with Crippen LogP contribution in [-0.2, 0) is 0 Å². The highest BCUT2D eigenvalue weighted by Crippen LogP contribution is 2.41. The van der Waals surface area contributed by atoms with E-state index >= 15 is 0 Å². The molecule has 0 unspecified atom stereocenters. The van der Waals surface area contributed by atoms with Crippen molar-refractivity contribution in [2.24, 2.45) is 0 Å². The second-order valence-corrected chi connectivity index (χ2v) is 8.01. The number of hydrogen-bond donors (Lipinski definition) is 0. The van der Waals surface area contributed by atoms with Crippen molar-refractivity contribution in [3.8, 4) is 16.9 Å². The Labute approximate surface area is 183 Å². The highest BCUT2D eigenvalue weighted by atomic mass is 35.5. The lowest BCUT2D eigenvalue weighted by atomic mass is 9.95. The van der Waals surface area contributed by atoms with Crippen LogP contribution >= 0.6 is 11.6 Å². The van der Waals surface area contributed by atoms with E-state index in [2.05, 4.69) is 12.1 Å². The van der Waals surface area contributed by atoms with E-state index in [1.807, 2.05) is 61.5 Å². The molecule has 0 N–H and O–H groups in total. The Hall–Kier alpha value is -3.63. The molecule has 0 fully saturated rings. The molecule has 0 spiro atoms. The third kappa shape index (κ3) is 2.69. The minimum absolute atomic E-state index is 0.674. The van der Waals surface area contributed by atoms with Crippen LogP contribution in [0.3, 0.4) is 0 Å². The largest absolute Gasteiger partial charge is 0.497 e. The summed E-state index contributed by atoms with van der Waals surface area (Å²) < 4.78 is 11.7. The van der Waals surface area contributed by atoms with Gasteiger partial charge >= 0.3 is 0 Å². The molecule has 0 aliphatic rings. The van der Waals surface area contributed by atoms with E-state index in [4.69, 9.17) is 30.7 Å². The summed E-state index contributed by atoms with van der Waals surface area (Å²) in [6.07, 6.45) is 0. The minimum atomic E-state index is 0.674. The summed E-state index contributed by atoms with van der Waals surface area (Å²) in [5, 5.41) is 3.56. The van der Waals surface area contributed by atoms with E-state index in [1.165, 1.54) is 0 Å². The van der Waals surface area contributed by atoms with Gasteiger partial charge in [-0.05, 0) is 48.9 Å². The van der Waals surface area contributed by atoms with Crippen molar-refractivity contribution in [2.45, 2.75) is 6.92 Å². The Bertz CT molecular complexity index is 1640. The molecule has 6 rings (SSSR count). The van der Waals surface area contributed by atoms with Gasteiger partial charge in [-0.3, -0.25) is 0 Å². The second-order valence-electron chi connectivity index (χ2n) is 7.58. The van der Waals surface area contributed by atoms with Gasteiger partial charge in [-0.25, -0.2) is 9.97 Å². The van der Waals surface area contributed by atoms with Gasteiger partial charge in [0.1, 0.15) is 22.4 Å². The molecule has 31 heavy (non-hydrogen) atoms. The van der Waals surface area contributed by atoms with E-state index in [0.717, 1.165) is 60.9 Å². The van der Waals surface area contributed by atoms with Gasteiger partial charge in [0.2, 0.25) is 0 Å². The maximum absolute atomic E-state index is 6.37. The first-order valence-corrected chi connectivity index (χ1v) is 10.4. The maximum Gasteiger partial charge on any atom is 0.180 e. The van der Waals surface area contributed by atoms with Gasteiger partial charge in [0, 0.05) is 27.1 Å². The van der Waals surface area contributed by atoms with Crippen molar-refractivity contribution in [3.63, 3.8) is 0 Å². The fraction of sp³-hybridized carbons (Fsp3) is 0.0769. The summed E-state index contributed by atoms with van der Waals surface area (Å²) in [5.41, 5.74) is 6.93. The van der Waals surface area contributed by atoms with Crippen LogP contribution in [0.1, 0.15) is 5.69 Å². The number of benzene rings is 3. The lowest BCUT2D eigenvalue weighted by Gasteiger charge is -2.13. The average molecular weight is 425 g/mol. The first kappa shape index (κ1) is 18.2. The average Bonchev–Trinajstić information content (AvgIpc) is 3.16. The second kappa shape index (κ2) is 6.69. The number of fused-ring (bicyclic) bond motifs is 6. The molecule has 6 aromatic rings. The Morgan fingerprint density at radius 2 is 1.71 bits per heavy atom. The molecule has 0 bridgehead atoms. The molecule has 4 nitrogen and oxygen atoms in total. The van der Waals surface area contributed by atoms with E-state index in [0.29, 0.717) is 10.6 Å². The number of rotatable bonds is 2.